The fourth-order valence-electron chi connectivity index (χ4n) is 2.86. The van der Waals surface area contributed by atoms with E-state index in [1.165, 1.54) is 19.3 Å². The van der Waals surface area contributed by atoms with Gasteiger partial charge in [-0.25, -0.2) is 0 Å². The minimum Gasteiger partial charge on any atom is -0.508 e. The van der Waals surface area contributed by atoms with E-state index in [1.54, 1.807) is 12.1 Å². The molecule has 1 fully saturated rings. The number of halogens is 1. The first-order chi connectivity index (χ1) is 8.95. The summed E-state index contributed by atoms with van der Waals surface area (Å²) < 4.78 is 0. The van der Waals surface area contributed by atoms with Gasteiger partial charge >= 0.3 is 0 Å². The van der Waals surface area contributed by atoms with Crippen LogP contribution in [0.3, 0.4) is 0 Å². The first-order valence-corrected chi connectivity index (χ1v) is 7.55. The average molecular weight is 282 g/mol. The molecule has 0 radical (unpaired) electrons. The summed E-state index contributed by atoms with van der Waals surface area (Å²) in [5.41, 5.74) is 1.43. The van der Waals surface area contributed by atoms with Crippen LogP contribution >= 0.6 is 11.6 Å². The smallest absolute Gasteiger partial charge is 0.120 e. The van der Waals surface area contributed by atoms with Gasteiger partial charge in [0.05, 0.1) is 0 Å². The molecule has 1 aliphatic rings. The first-order valence-electron chi connectivity index (χ1n) is 7.18. The van der Waals surface area contributed by atoms with E-state index in [0.717, 1.165) is 18.7 Å². The quantitative estimate of drug-likeness (QED) is 0.874. The number of piperidine rings is 1. The highest BCUT2D eigenvalue weighted by atomic mass is 35.5. The highest BCUT2D eigenvalue weighted by molar-refractivity contribution is 6.30. The van der Waals surface area contributed by atoms with Crippen LogP contribution in [0.2, 0.25) is 5.02 Å². The molecule has 1 aliphatic heterocycles. The molecule has 1 atom stereocenters. The van der Waals surface area contributed by atoms with Gasteiger partial charge in [-0.2, -0.15) is 0 Å². The second kappa shape index (κ2) is 5.72. The zero-order chi connectivity index (χ0) is 14.0. The molecule has 0 spiro atoms. The highest BCUT2D eigenvalue weighted by Gasteiger charge is 2.31. The normalized spacial score (nSPS) is 21.3. The summed E-state index contributed by atoms with van der Waals surface area (Å²) in [7, 11) is 0. The van der Waals surface area contributed by atoms with Crippen LogP contribution in [0.25, 0.3) is 0 Å². The van der Waals surface area contributed by atoms with E-state index in [-0.39, 0.29) is 6.04 Å². The van der Waals surface area contributed by atoms with Crippen molar-refractivity contribution in [3.05, 3.63) is 28.8 Å². The van der Waals surface area contributed by atoms with Crippen molar-refractivity contribution in [2.24, 2.45) is 5.41 Å². The van der Waals surface area contributed by atoms with E-state index in [1.807, 2.05) is 6.07 Å². The molecule has 0 bridgehead atoms. The maximum absolute atomic E-state index is 10.00. The predicted molar refractivity (Wildman–Crippen MR) is 80.7 cm³/mol. The van der Waals surface area contributed by atoms with Crippen molar-refractivity contribution in [3.63, 3.8) is 0 Å². The Hall–Kier alpha value is -0.730. The molecule has 1 heterocycles. The van der Waals surface area contributed by atoms with Crippen molar-refractivity contribution in [2.45, 2.75) is 46.1 Å². The van der Waals surface area contributed by atoms with Crippen molar-refractivity contribution < 1.29 is 5.11 Å². The maximum atomic E-state index is 10.00. The lowest BCUT2D eigenvalue weighted by Gasteiger charge is -2.41. The van der Waals surface area contributed by atoms with Crippen LogP contribution in [0, 0.1) is 5.41 Å². The second-order valence-corrected chi connectivity index (χ2v) is 6.52. The van der Waals surface area contributed by atoms with Crippen LogP contribution < -0.4 is 0 Å². The van der Waals surface area contributed by atoms with Crippen LogP contribution in [0.1, 0.15) is 51.6 Å². The van der Waals surface area contributed by atoms with E-state index >= 15 is 0 Å². The lowest BCUT2D eigenvalue weighted by molar-refractivity contribution is 0.0856. The number of hydrogen-bond acceptors (Lipinski definition) is 2. The Kier molecular flexibility index (Phi) is 4.42. The van der Waals surface area contributed by atoms with Gasteiger partial charge in [0.15, 0.2) is 0 Å². The van der Waals surface area contributed by atoms with Crippen molar-refractivity contribution in [2.75, 3.05) is 13.1 Å². The molecule has 1 unspecified atom stereocenters. The third kappa shape index (κ3) is 3.24. The molecule has 1 aromatic rings. The fourth-order valence-corrected chi connectivity index (χ4v) is 3.04. The highest BCUT2D eigenvalue weighted by Crippen LogP contribution is 2.38. The van der Waals surface area contributed by atoms with E-state index in [4.69, 9.17) is 11.6 Å². The van der Waals surface area contributed by atoms with Gasteiger partial charge < -0.3 is 5.11 Å². The lowest BCUT2D eigenvalue weighted by Crippen LogP contribution is -2.39. The number of phenolic OH excluding ortho intramolecular Hbond substituents is 1. The average Bonchev–Trinajstić information content (AvgIpc) is 2.42. The molecule has 3 heteroatoms. The molecule has 1 saturated heterocycles. The van der Waals surface area contributed by atoms with Crippen molar-refractivity contribution in [3.8, 4) is 5.75 Å². The molecule has 2 rings (SSSR count). The van der Waals surface area contributed by atoms with Gasteiger partial charge in [0.2, 0.25) is 0 Å². The second-order valence-electron chi connectivity index (χ2n) is 6.08. The summed E-state index contributed by atoms with van der Waals surface area (Å²) in [4.78, 5) is 2.45. The minimum absolute atomic E-state index is 0.222. The topological polar surface area (TPSA) is 23.5 Å². The summed E-state index contributed by atoms with van der Waals surface area (Å²) in [5.74, 6) is 0.348. The van der Waals surface area contributed by atoms with Crippen LogP contribution in [0.4, 0.5) is 0 Å². The largest absolute Gasteiger partial charge is 0.508 e. The maximum Gasteiger partial charge on any atom is 0.120 e. The molecule has 2 nitrogen and oxygen atoms in total. The molecular formula is C16H24ClNO. The monoisotopic (exact) mass is 281 g/mol. The molecule has 0 aromatic heterocycles. The number of hydrogen-bond donors (Lipinski definition) is 1. The third-order valence-corrected chi connectivity index (χ3v) is 5.08. The number of aromatic hydroxyl groups is 1. The van der Waals surface area contributed by atoms with Crippen LogP contribution in [-0.4, -0.2) is 23.1 Å². The van der Waals surface area contributed by atoms with Gasteiger partial charge in [-0.15, -0.1) is 0 Å². The molecule has 19 heavy (non-hydrogen) atoms. The number of rotatable bonds is 3. The number of nitrogens with zero attached hydrogens (tertiary/aromatic N) is 1. The Morgan fingerprint density at radius 3 is 2.58 bits per heavy atom. The fraction of sp³-hybridized carbons (Fsp3) is 0.625. The molecule has 1 N–H and O–H groups in total. The molecule has 106 valence electrons. The molecule has 0 aliphatic carbocycles. The summed E-state index contributed by atoms with van der Waals surface area (Å²) in [6.07, 6.45) is 3.71. The van der Waals surface area contributed by atoms with Crippen molar-refractivity contribution in [1.29, 1.82) is 0 Å². The zero-order valence-electron chi connectivity index (χ0n) is 12.1. The Morgan fingerprint density at radius 1 is 1.37 bits per heavy atom. The van der Waals surface area contributed by atoms with E-state index in [9.17, 15) is 5.11 Å². The Labute approximate surface area is 121 Å². The van der Waals surface area contributed by atoms with Gasteiger partial charge in [0.25, 0.3) is 0 Å². The minimum atomic E-state index is 0.222. The summed E-state index contributed by atoms with van der Waals surface area (Å²) in [6, 6.07) is 5.53. The van der Waals surface area contributed by atoms with E-state index < -0.39 is 0 Å². The molecule has 0 amide bonds. The Morgan fingerprint density at radius 2 is 2.00 bits per heavy atom. The van der Waals surface area contributed by atoms with E-state index in [0.29, 0.717) is 16.2 Å². The van der Waals surface area contributed by atoms with Gasteiger partial charge in [0, 0.05) is 16.6 Å². The van der Waals surface area contributed by atoms with Gasteiger partial charge in [-0.3, -0.25) is 4.90 Å². The predicted octanol–water partition coefficient (Wildman–Crippen LogP) is 4.62. The van der Waals surface area contributed by atoms with Crippen LogP contribution in [0.5, 0.6) is 5.75 Å². The van der Waals surface area contributed by atoms with Crippen LogP contribution in [-0.2, 0) is 0 Å². The standard InChI is InChI=1S/C16H24ClNO/c1-4-16(3)7-9-18(10-8-16)12(2)14-11-13(17)5-6-15(14)19/h5-6,11-12,19H,4,7-10H2,1-3H3. The van der Waals surface area contributed by atoms with Crippen LogP contribution in [0.15, 0.2) is 18.2 Å². The van der Waals surface area contributed by atoms with Gasteiger partial charge in [0.1, 0.15) is 5.75 Å². The zero-order valence-corrected chi connectivity index (χ0v) is 12.9. The van der Waals surface area contributed by atoms with E-state index in [2.05, 4.69) is 25.7 Å². The molecule has 1 aromatic carbocycles. The molecular weight excluding hydrogens is 258 g/mol. The number of phenols is 1. The summed E-state index contributed by atoms with van der Waals surface area (Å²) in [6.45, 7) is 9.00. The summed E-state index contributed by atoms with van der Waals surface area (Å²) in [5, 5.41) is 10.7. The van der Waals surface area contributed by atoms with Gasteiger partial charge in [-0.05, 0) is 56.5 Å². The first kappa shape index (κ1) is 14.7. The van der Waals surface area contributed by atoms with Crippen molar-refractivity contribution in [1.82, 2.24) is 4.90 Å². The SMILES string of the molecule is CCC1(C)CCN(C(C)c2cc(Cl)ccc2O)CC1. The molecule has 0 saturated carbocycles. The number of likely N-dealkylation sites (tertiary alicyclic amines) is 1. The summed E-state index contributed by atoms with van der Waals surface area (Å²) >= 11 is 6.04. The van der Waals surface area contributed by atoms with Gasteiger partial charge in [-0.1, -0.05) is 31.9 Å². The Bertz CT molecular complexity index is 438. The number of benzene rings is 1. The third-order valence-electron chi connectivity index (χ3n) is 4.85. The lowest BCUT2D eigenvalue weighted by atomic mass is 9.78. The van der Waals surface area contributed by atoms with Crippen molar-refractivity contribution >= 4 is 11.6 Å². The Balaban J connectivity index is 2.09.